The van der Waals surface area contributed by atoms with Crippen molar-refractivity contribution >= 4 is 107 Å². The molecule has 37 heteroatoms. The lowest BCUT2D eigenvalue weighted by molar-refractivity contribution is -0.175. The molecule has 18 fully saturated rings. The van der Waals surface area contributed by atoms with Gasteiger partial charge in [-0.05, 0) is 111 Å². The lowest BCUT2D eigenvalue weighted by Crippen LogP contribution is -2.46. The van der Waals surface area contributed by atoms with Gasteiger partial charge in [-0.15, -0.1) is 0 Å². The van der Waals surface area contributed by atoms with Crippen LogP contribution in [-0.2, 0) is 172 Å². The van der Waals surface area contributed by atoms with Crippen LogP contribution in [0.3, 0.4) is 0 Å². The van der Waals surface area contributed by atoms with E-state index in [0.717, 1.165) is 50.3 Å². The number of carbonyl (C=O) groups is 18. The minimum absolute atomic E-state index is 0.0430. The molecule has 37 nitrogen and oxygen atoms in total. The third-order valence-corrected chi connectivity index (χ3v) is 28.5. The standard InChI is InChI=1S/C15H15NO6.2C15H18O6.3C14H16O6/c1-7(2)13(18)20-6-11(17)21-12-8-4-9-10(5-8)15(12,16-3)22-14(9)19;1-7(2)13(17)19-6-10(16)20-11-8-4-9-12(11)21-14(18)15(9,3)5-8;1-6(2)14(17)19-5-10(16)20-12-8-4-9-11(7(8)3)15(18)21-13(9)12;1-3-9(15)18-6-10(16)19-12-11-7-4-14(12,2)5-8(7)13(17)20-11;1-3-9(15)18-6-10(16)19-11-7-4-8-12(11)20-13(17)14(8,2)5-7;1-3-9(15)18-5-10(16)19-12-7-4-8-11(6(7)2)14(17)20-13(8)12/h8-10,12H,1,4-6H2,2H3;8-9,11-12H,1,4-6H2,2-3H3;7-9,11-13H,1,4-5H2,2-3H3;2*3,7-8,11-12H,1,4-6H2,2H3;3,6-8,11-13H,1,4-5H2,2H3. The van der Waals surface area contributed by atoms with Gasteiger partial charge in [0.2, 0.25) is 6.10 Å². The fourth-order valence-electron chi connectivity index (χ4n) is 23.0. The molecule has 0 radical (unpaired) electrons. The van der Waals surface area contributed by atoms with Crippen LogP contribution in [0.15, 0.2) is 74.4 Å². The first-order valence-electron chi connectivity index (χ1n) is 41.2. The molecule has 6 heterocycles. The molecule has 0 aromatic heterocycles. The van der Waals surface area contributed by atoms with Crippen LogP contribution >= 0.6 is 0 Å². The summed E-state index contributed by atoms with van der Waals surface area (Å²) >= 11 is 0. The Labute approximate surface area is 710 Å². The number of nitrogens with zero attached hydrogens (tertiary/aromatic N) is 1. The summed E-state index contributed by atoms with van der Waals surface area (Å²) in [7, 11) is 0. The Balaban J connectivity index is 0.000000128. The highest BCUT2D eigenvalue weighted by molar-refractivity contribution is 5.91. The minimum atomic E-state index is -1.39. The summed E-state index contributed by atoms with van der Waals surface area (Å²) < 4.78 is 92.3. The summed E-state index contributed by atoms with van der Waals surface area (Å²) in [6.45, 7) is 38.9. The molecule has 0 aromatic rings. The molecule has 0 N–H and O–H groups in total. The topological polar surface area (TPSA) is 478 Å². The Kier molecular flexibility index (Phi) is 25.3. The molecule has 6 aliphatic heterocycles. The lowest BCUT2D eigenvalue weighted by atomic mass is 9.75. The van der Waals surface area contributed by atoms with Gasteiger partial charge in [0.05, 0.1) is 40.4 Å². The zero-order valence-corrected chi connectivity index (χ0v) is 69.6. The highest BCUT2D eigenvalue weighted by Crippen LogP contribution is 2.67. The molecular weight excluding hydrogens is 1630 g/mol. The van der Waals surface area contributed by atoms with Crippen molar-refractivity contribution < 1.29 is 172 Å². The van der Waals surface area contributed by atoms with Gasteiger partial charge in [-0.1, -0.05) is 60.2 Å². The van der Waals surface area contributed by atoms with E-state index in [9.17, 15) is 86.3 Å². The van der Waals surface area contributed by atoms with Crippen molar-refractivity contribution in [3.63, 3.8) is 0 Å². The molecule has 18 rings (SSSR count). The normalized spacial score (nSPS) is 39.4. The van der Waals surface area contributed by atoms with E-state index in [0.29, 0.717) is 32.1 Å². The molecule has 668 valence electrons. The van der Waals surface area contributed by atoms with Crippen molar-refractivity contribution in [2.24, 2.45) is 117 Å². The Morgan fingerprint density at radius 3 is 1.15 bits per heavy atom. The molecule has 12 bridgehead atoms. The predicted octanol–water partition coefficient (Wildman–Crippen LogP) is 4.33. The fraction of sp³-hybridized carbons (Fsp3) is 0.644. The van der Waals surface area contributed by atoms with Crippen molar-refractivity contribution in [1.29, 1.82) is 0 Å². The monoisotopic (exact) mass is 1730 g/mol. The average Bonchev–Trinajstić information content (AvgIpc) is 1.53. The summed E-state index contributed by atoms with van der Waals surface area (Å²) in [6, 6.07) is 0. The highest BCUT2D eigenvalue weighted by atomic mass is 16.7. The van der Waals surface area contributed by atoms with Crippen molar-refractivity contribution in [2.75, 3.05) is 39.6 Å². The smallest absolute Gasteiger partial charge is 0.418 e. The van der Waals surface area contributed by atoms with Gasteiger partial charge in [-0.25, -0.2) is 64.1 Å². The van der Waals surface area contributed by atoms with Crippen LogP contribution in [0.2, 0.25) is 0 Å². The number of rotatable bonds is 24. The van der Waals surface area contributed by atoms with E-state index in [-0.39, 0.29) is 189 Å². The molecule has 0 spiro atoms. The van der Waals surface area contributed by atoms with E-state index in [4.69, 9.17) is 77.6 Å². The second kappa shape index (κ2) is 34.8. The van der Waals surface area contributed by atoms with Crippen molar-refractivity contribution in [3.8, 4) is 0 Å². The van der Waals surface area contributed by atoms with Gasteiger partial charge in [0.1, 0.15) is 61.0 Å². The largest absolute Gasteiger partial charge is 0.458 e. The maximum atomic E-state index is 11.9. The Bertz CT molecular complexity index is 4630. The van der Waals surface area contributed by atoms with Crippen LogP contribution in [-0.4, -0.2) is 220 Å². The van der Waals surface area contributed by atoms with Crippen LogP contribution in [0.5, 0.6) is 0 Å². The minimum Gasteiger partial charge on any atom is -0.458 e. The lowest BCUT2D eigenvalue weighted by Gasteiger charge is -2.32. The number of carbonyl (C=O) groups excluding carboxylic acids is 18. The van der Waals surface area contributed by atoms with E-state index in [1.54, 1.807) is 0 Å². The third-order valence-electron chi connectivity index (χ3n) is 28.5. The van der Waals surface area contributed by atoms with Gasteiger partial charge in [-0.2, -0.15) is 0 Å². The SMILES string of the molecule is C=C(C)C(=O)OCC(=O)OC1C2CC3C1OC(=O)C3(C)C2.C=C(C)C(=O)OCC(=O)OC1C2CC3C1OC(=O)C3C2C.C=CC(=O)OCC(=O)OC1C2CC3C1OC(=O)C3(C)C2.C=CC(=O)OCC(=O)OC1C2CC3C1OC(=O)C3C2C.C=CC(=O)OCC(=O)OC1C2OC(=O)C3CC1(C)CC32.[C-]#[N+]C12OC(=O)C3CC(CC31)C2OC(=O)COC(=O)C(=C)C. The Morgan fingerprint density at radius 2 is 0.758 bits per heavy atom. The molecule has 32 atom stereocenters. The van der Waals surface area contributed by atoms with Gasteiger partial charge in [-0.3, -0.25) is 33.6 Å². The molecule has 0 amide bonds. The highest BCUT2D eigenvalue weighted by Gasteiger charge is 2.79. The maximum Gasteiger partial charge on any atom is 0.418 e. The second-order valence-electron chi connectivity index (χ2n) is 36.0. The second-order valence-corrected chi connectivity index (χ2v) is 36.0. The average molecular weight is 1730 g/mol. The summed E-state index contributed by atoms with van der Waals surface area (Å²) in [5.41, 5.74) is -1.80. The number of hydrogen-bond donors (Lipinski definition) is 0. The number of fused-ring (bicyclic) bond motifs is 6. The van der Waals surface area contributed by atoms with Crippen LogP contribution in [0.4, 0.5) is 0 Å². The van der Waals surface area contributed by atoms with Crippen molar-refractivity contribution in [3.05, 3.63) is 85.8 Å². The van der Waals surface area contributed by atoms with E-state index in [1.807, 2.05) is 34.6 Å². The van der Waals surface area contributed by atoms with Gasteiger partial charge >= 0.3 is 113 Å². The maximum absolute atomic E-state index is 11.9. The van der Waals surface area contributed by atoms with Crippen LogP contribution in [0, 0.1) is 123 Å². The molecule has 12 aliphatic carbocycles. The zero-order valence-electron chi connectivity index (χ0n) is 69.6. The first kappa shape index (κ1) is 90.1. The van der Waals surface area contributed by atoms with E-state index >= 15 is 0 Å². The van der Waals surface area contributed by atoms with Gasteiger partial charge in [0.15, 0.2) is 39.6 Å². The fourth-order valence-corrected chi connectivity index (χ4v) is 23.0. The molecular formula is C87H99NO36. The van der Waals surface area contributed by atoms with Gasteiger partial charge in [0, 0.05) is 99.5 Å². The summed E-state index contributed by atoms with van der Waals surface area (Å²) in [5, 5.41) is 0. The quantitative estimate of drug-likeness (QED) is 0.0561. The van der Waals surface area contributed by atoms with E-state index in [1.165, 1.54) is 20.8 Å². The van der Waals surface area contributed by atoms with E-state index in [2.05, 4.69) is 58.5 Å². The van der Waals surface area contributed by atoms with E-state index < -0.39 is 164 Å². The zero-order chi connectivity index (χ0) is 90.2. The summed E-state index contributed by atoms with van der Waals surface area (Å²) in [6.07, 6.45) is 5.91. The molecule has 18 aliphatic rings. The molecule has 12 saturated carbocycles. The van der Waals surface area contributed by atoms with Crippen LogP contribution in [0.1, 0.15) is 120 Å². The van der Waals surface area contributed by atoms with Crippen LogP contribution < -0.4 is 0 Å². The molecule has 32 unspecified atom stereocenters. The van der Waals surface area contributed by atoms with Crippen molar-refractivity contribution in [1.82, 2.24) is 0 Å². The Morgan fingerprint density at radius 1 is 0.395 bits per heavy atom. The van der Waals surface area contributed by atoms with Gasteiger partial charge < -0.3 is 85.3 Å². The van der Waals surface area contributed by atoms with Gasteiger partial charge in [0.25, 0.3) is 0 Å². The summed E-state index contributed by atoms with van der Waals surface area (Å²) in [5.74, 6) is -8.07. The molecule has 124 heavy (non-hydrogen) atoms. The molecule has 6 saturated heterocycles. The van der Waals surface area contributed by atoms with Crippen LogP contribution in [0.25, 0.3) is 4.85 Å². The number of esters is 18. The molecule has 0 aromatic carbocycles. The predicted molar refractivity (Wildman–Crippen MR) is 406 cm³/mol. The summed E-state index contributed by atoms with van der Waals surface area (Å²) in [4.78, 5) is 211. The van der Waals surface area contributed by atoms with Crippen molar-refractivity contribution in [2.45, 2.75) is 192 Å². The first-order valence-corrected chi connectivity index (χ1v) is 41.2. The Hall–Kier alpha value is -11.6. The third kappa shape index (κ3) is 16.6. The number of hydrogen-bond acceptors (Lipinski definition) is 36. The first-order chi connectivity index (χ1) is 58.5. The number of ether oxygens (including phenoxy) is 18.